The van der Waals surface area contributed by atoms with Gasteiger partial charge in [-0.15, -0.1) is 12.4 Å². The molecule has 2 aliphatic carbocycles. The molecule has 4 nitrogen and oxygen atoms in total. The van der Waals surface area contributed by atoms with Crippen LogP contribution in [0.3, 0.4) is 0 Å². The molecule has 0 saturated heterocycles. The van der Waals surface area contributed by atoms with Gasteiger partial charge in [0.2, 0.25) is 0 Å². The zero-order valence-corrected chi connectivity index (χ0v) is 8.01. The topological polar surface area (TPSA) is 83.6 Å². The third kappa shape index (κ3) is 0.965. The molecule has 0 aromatic rings. The molecule has 4 N–H and O–H groups in total. The van der Waals surface area contributed by atoms with E-state index < -0.39 is 23.0 Å². The molecule has 2 rings (SSSR count). The first kappa shape index (κ1) is 10.8. The molecule has 2 unspecified atom stereocenters. The second-order valence-electron chi connectivity index (χ2n) is 4.01. The van der Waals surface area contributed by atoms with Gasteiger partial charge < -0.3 is 15.9 Å². The van der Waals surface area contributed by atoms with Gasteiger partial charge in [0.25, 0.3) is 0 Å². The maximum Gasteiger partial charge on any atom is 0.324 e. The van der Waals surface area contributed by atoms with Crippen molar-refractivity contribution in [1.29, 1.82) is 0 Å². The maximum absolute atomic E-state index is 10.8. The number of aliphatic carboxylic acids is 1. The summed E-state index contributed by atoms with van der Waals surface area (Å²) in [6.07, 6.45) is 2.23. The van der Waals surface area contributed by atoms with Gasteiger partial charge in [0.1, 0.15) is 5.54 Å². The predicted octanol–water partition coefficient (Wildman–Crippen LogP) is 0.125. The summed E-state index contributed by atoms with van der Waals surface area (Å²) in [5, 5.41) is 18.3. The quantitative estimate of drug-likeness (QED) is 0.571. The average Bonchev–Trinajstić information content (AvgIpc) is 1.81. The Hall–Kier alpha value is -0.320. The summed E-state index contributed by atoms with van der Waals surface area (Å²) in [6.45, 7) is 0. The molecule has 0 heterocycles. The van der Waals surface area contributed by atoms with Crippen LogP contribution in [0.15, 0.2) is 0 Å². The molecular weight excluding hydrogens is 194 g/mol. The van der Waals surface area contributed by atoms with E-state index in [2.05, 4.69) is 0 Å². The third-order valence-electron chi connectivity index (χ3n) is 3.67. The number of carboxylic acids is 1. The highest BCUT2D eigenvalue weighted by molar-refractivity contribution is 5.85. The van der Waals surface area contributed by atoms with Crippen LogP contribution in [0.5, 0.6) is 0 Å². The predicted molar refractivity (Wildman–Crippen MR) is 48.7 cm³/mol. The highest BCUT2D eigenvalue weighted by Crippen LogP contribution is 2.60. The summed E-state index contributed by atoms with van der Waals surface area (Å²) in [5.41, 5.74) is 4.08. The SMILES string of the molecule is Cl.NC1(C(=O)O)CC(O)C12CCC2. The van der Waals surface area contributed by atoms with E-state index >= 15 is 0 Å². The number of carboxylic acid groups (broad SMARTS) is 1. The molecule has 13 heavy (non-hydrogen) atoms. The first-order valence-corrected chi connectivity index (χ1v) is 4.23. The third-order valence-corrected chi connectivity index (χ3v) is 3.67. The van der Waals surface area contributed by atoms with E-state index in [-0.39, 0.29) is 18.8 Å². The fraction of sp³-hybridized carbons (Fsp3) is 0.875. The Morgan fingerprint density at radius 3 is 2.15 bits per heavy atom. The highest BCUT2D eigenvalue weighted by atomic mass is 35.5. The number of nitrogens with two attached hydrogens (primary N) is 1. The molecule has 1 spiro atoms. The van der Waals surface area contributed by atoms with Crippen LogP contribution < -0.4 is 5.73 Å². The number of rotatable bonds is 1. The van der Waals surface area contributed by atoms with Crippen LogP contribution in [0.25, 0.3) is 0 Å². The molecule has 0 bridgehead atoms. The van der Waals surface area contributed by atoms with Gasteiger partial charge >= 0.3 is 5.97 Å². The van der Waals surface area contributed by atoms with Gasteiger partial charge in [0.15, 0.2) is 0 Å². The van der Waals surface area contributed by atoms with Crippen LogP contribution in [0, 0.1) is 5.41 Å². The second-order valence-corrected chi connectivity index (χ2v) is 4.01. The Balaban J connectivity index is 0.000000845. The molecule has 0 aromatic carbocycles. The van der Waals surface area contributed by atoms with E-state index in [4.69, 9.17) is 10.8 Å². The molecule has 2 fully saturated rings. The summed E-state index contributed by atoms with van der Waals surface area (Å²) in [5.74, 6) is -0.965. The van der Waals surface area contributed by atoms with Crippen molar-refractivity contribution < 1.29 is 15.0 Å². The van der Waals surface area contributed by atoms with Gasteiger partial charge in [0.05, 0.1) is 6.10 Å². The monoisotopic (exact) mass is 207 g/mol. The van der Waals surface area contributed by atoms with Crippen molar-refractivity contribution in [2.24, 2.45) is 11.1 Å². The Kier molecular flexibility index (Phi) is 2.35. The van der Waals surface area contributed by atoms with Gasteiger partial charge in [-0.1, -0.05) is 6.42 Å². The Bertz CT molecular complexity index is 242. The lowest BCUT2D eigenvalue weighted by molar-refractivity contribution is -0.204. The van der Waals surface area contributed by atoms with E-state index in [9.17, 15) is 9.90 Å². The lowest BCUT2D eigenvalue weighted by Gasteiger charge is -2.63. The van der Waals surface area contributed by atoms with Gasteiger partial charge in [0, 0.05) is 11.8 Å². The molecule has 76 valence electrons. The van der Waals surface area contributed by atoms with Crippen molar-refractivity contribution in [1.82, 2.24) is 0 Å². The summed E-state index contributed by atoms with van der Waals surface area (Å²) < 4.78 is 0. The van der Waals surface area contributed by atoms with Gasteiger partial charge in [-0.2, -0.15) is 0 Å². The van der Waals surface area contributed by atoms with E-state index in [1.807, 2.05) is 0 Å². The fourth-order valence-electron chi connectivity index (χ4n) is 2.51. The molecule has 5 heteroatoms. The van der Waals surface area contributed by atoms with E-state index in [1.54, 1.807) is 0 Å². The molecule has 2 saturated carbocycles. The number of carbonyl (C=O) groups is 1. The Labute approximate surface area is 82.5 Å². The highest BCUT2D eigenvalue weighted by Gasteiger charge is 2.69. The number of aliphatic hydroxyl groups is 1. The number of hydrogen-bond acceptors (Lipinski definition) is 3. The molecule has 2 aliphatic rings. The van der Waals surface area contributed by atoms with Crippen molar-refractivity contribution >= 4 is 18.4 Å². The van der Waals surface area contributed by atoms with Crippen LogP contribution in [-0.2, 0) is 4.79 Å². The van der Waals surface area contributed by atoms with Crippen molar-refractivity contribution in [3.8, 4) is 0 Å². The summed E-state index contributed by atoms with van der Waals surface area (Å²) >= 11 is 0. The van der Waals surface area contributed by atoms with E-state index in [0.29, 0.717) is 0 Å². The standard InChI is InChI=1S/C8H13NO3.ClH/c9-8(6(11)12)4-5(10)7(8)2-1-3-7;/h5,10H,1-4,9H2,(H,11,12);1H. The zero-order chi connectivity index (χ0) is 8.98. The normalized spacial score (nSPS) is 40.0. The number of aliphatic hydroxyl groups excluding tert-OH is 1. The second kappa shape index (κ2) is 2.83. The summed E-state index contributed by atoms with van der Waals surface area (Å²) in [6, 6.07) is 0. The minimum absolute atomic E-state index is 0. The van der Waals surface area contributed by atoms with Crippen LogP contribution in [0.4, 0.5) is 0 Å². The molecule has 0 amide bonds. The first-order valence-electron chi connectivity index (χ1n) is 4.23. The van der Waals surface area contributed by atoms with E-state index in [1.165, 1.54) is 0 Å². The summed E-state index contributed by atoms with van der Waals surface area (Å²) in [4.78, 5) is 10.8. The zero-order valence-electron chi connectivity index (χ0n) is 7.19. The van der Waals surface area contributed by atoms with Crippen LogP contribution in [0.1, 0.15) is 25.7 Å². The van der Waals surface area contributed by atoms with Crippen molar-refractivity contribution in [3.05, 3.63) is 0 Å². The van der Waals surface area contributed by atoms with Gasteiger partial charge in [-0.25, -0.2) is 0 Å². The minimum Gasteiger partial charge on any atom is -0.480 e. The summed E-state index contributed by atoms with van der Waals surface area (Å²) in [7, 11) is 0. The molecule has 2 atom stereocenters. The number of hydrogen-bond donors (Lipinski definition) is 3. The molecule has 0 radical (unpaired) electrons. The Morgan fingerprint density at radius 2 is 2.00 bits per heavy atom. The minimum atomic E-state index is -1.15. The first-order chi connectivity index (χ1) is 5.53. The van der Waals surface area contributed by atoms with Crippen LogP contribution >= 0.6 is 12.4 Å². The van der Waals surface area contributed by atoms with E-state index in [0.717, 1.165) is 19.3 Å². The lowest BCUT2D eigenvalue weighted by atomic mass is 9.44. The number of halogens is 1. The largest absolute Gasteiger partial charge is 0.480 e. The smallest absolute Gasteiger partial charge is 0.324 e. The van der Waals surface area contributed by atoms with Crippen molar-refractivity contribution in [3.63, 3.8) is 0 Å². The van der Waals surface area contributed by atoms with Crippen molar-refractivity contribution in [2.75, 3.05) is 0 Å². The van der Waals surface area contributed by atoms with Crippen molar-refractivity contribution in [2.45, 2.75) is 37.3 Å². The van der Waals surface area contributed by atoms with Crippen LogP contribution in [0.2, 0.25) is 0 Å². The average molecular weight is 208 g/mol. The lowest BCUT2D eigenvalue weighted by Crippen LogP contribution is -2.77. The molecule has 0 aliphatic heterocycles. The van der Waals surface area contributed by atoms with Gasteiger partial charge in [-0.05, 0) is 12.8 Å². The molecular formula is C8H14ClNO3. The molecule has 0 aromatic heterocycles. The van der Waals surface area contributed by atoms with Gasteiger partial charge in [-0.3, -0.25) is 4.79 Å². The fourth-order valence-corrected chi connectivity index (χ4v) is 2.51. The Morgan fingerprint density at radius 1 is 1.46 bits per heavy atom. The maximum atomic E-state index is 10.8. The van der Waals surface area contributed by atoms with Crippen LogP contribution in [-0.4, -0.2) is 27.8 Å².